The summed E-state index contributed by atoms with van der Waals surface area (Å²) in [5, 5.41) is 10.9. The number of ether oxygens (including phenoxy) is 2. The Balaban J connectivity index is 2.75. The first-order valence-corrected chi connectivity index (χ1v) is 5.90. The van der Waals surface area contributed by atoms with Crippen LogP contribution >= 0.6 is 0 Å². The van der Waals surface area contributed by atoms with Gasteiger partial charge in [-0.15, -0.1) is 0 Å². The normalized spacial score (nSPS) is 11.0. The lowest BCUT2D eigenvalue weighted by molar-refractivity contribution is -0.385. The molecular formula is C12H13F3N2O5. The van der Waals surface area contributed by atoms with Crippen LogP contribution in [0.15, 0.2) is 18.2 Å². The molecular weight excluding hydrogens is 309 g/mol. The highest BCUT2D eigenvalue weighted by Crippen LogP contribution is 2.31. The molecule has 122 valence electrons. The number of hydrogen-bond acceptors (Lipinski definition) is 5. The molecule has 0 spiro atoms. The minimum absolute atomic E-state index is 0.208. The first kappa shape index (κ1) is 17.5. The molecule has 0 aliphatic carbocycles. The molecule has 0 atom stereocenters. The number of nitro benzene ring substituents is 1. The molecule has 10 heteroatoms. The van der Waals surface area contributed by atoms with Crippen LogP contribution in [0.2, 0.25) is 0 Å². The van der Waals surface area contributed by atoms with Gasteiger partial charge in [0.1, 0.15) is 12.3 Å². The van der Waals surface area contributed by atoms with Gasteiger partial charge in [0.2, 0.25) is 0 Å². The molecule has 1 amide bonds. The number of hydrogen-bond donors (Lipinski definition) is 0. The molecule has 0 fully saturated rings. The molecule has 0 heterocycles. The van der Waals surface area contributed by atoms with Gasteiger partial charge < -0.3 is 14.4 Å². The van der Waals surface area contributed by atoms with Gasteiger partial charge >= 0.3 is 11.9 Å². The number of carbonyl (C=O) groups is 1. The largest absolute Gasteiger partial charge is 0.496 e. The number of alkyl halides is 3. The van der Waals surface area contributed by atoms with E-state index in [4.69, 9.17) is 9.47 Å². The van der Waals surface area contributed by atoms with E-state index in [0.29, 0.717) is 4.90 Å². The van der Waals surface area contributed by atoms with Crippen molar-refractivity contribution in [2.24, 2.45) is 0 Å². The fourth-order valence-electron chi connectivity index (χ4n) is 1.50. The third kappa shape index (κ3) is 5.11. The lowest BCUT2D eigenvalue weighted by atomic mass is 10.3. The molecule has 0 radical (unpaired) electrons. The minimum atomic E-state index is -4.53. The standard InChI is InChI=1S/C12H13F3N2O5/c1-16(7-12(13,14)15)11(18)6-22-10-4-3-8(21-2)5-9(10)17(19)20/h3-5H,6-7H2,1-2H3. The molecule has 0 saturated carbocycles. The zero-order valence-electron chi connectivity index (χ0n) is 11.7. The van der Waals surface area contributed by atoms with E-state index >= 15 is 0 Å². The summed E-state index contributed by atoms with van der Waals surface area (Å²) in [6.45, 7) is -2.18. The second-order valence-electron chi connectivity index (χ2n) is 4.24. The highest BCUT2D eigenvalue weighted by molar-refractivity contribution is 5.77. The second-order valence-corrected chi connectivity index (χ2v) is 4.24. The van der Waals surface area contributed by atoms with E-state index in [1.807, 2.05) is 0 Å². The Morgan fingerprint density at radius 2 is 2.05 bits per heavy atom. The van der Waals surface area contributed by atoms with Gasteiger partial charge in [-0.3, -0.25) is 14.9 Å². The van der Waals surface area contributed by atoms with Crippen molar-refractivity contribution < 1.29 is 32.4 Å². The molecule has 0 aliphatic heterocycles. The topological polar surface area (TPSA) is 81.9 Å². The molecule has 0 unspecified atom stereocenters. The number of benzene rings is 1. The van der Waals surface area contributed by atoms with Crippen molar-refractivity contribution in [2.45, 2.75) is 6.18 Å². The number of halogens is 3. The number of nitrogens with zero attached hydrogens (tertiary/aromatic N) is 2. The fraction of sp³-hybridized carbons (Fsp3) is 0.417. The highest BCUT2D eigenvalue weighted by Gasteiger charge is 2.31. The molecule has 0 aliphatic rings. The van der Waals surface area contributed by atoms with Gasteiger partial charge in [-0.1, -0.05) is 0 Å². The molecule has 1 aromatic carbocycles. The van der Waals surface area contributed by atoms with Crippen molar-refractivity contribution in [3.8, 4) is 11.5 Å². The molecule has 0 saturated heterocycles. The zero-order valence-corrected chi connectivity index (χ0v) is 11.7. The van der Waals surface area contributed by atoms with Gasteiger partial charge in [-0.25, -0.2) is 0 Å². The van der Waals surface area contributed by atoms with Gasteiger partial charge in [0.25, 0.3) is 5.91 Å². The average molecular weight is 322 g/mol. The molecule has 0 bridgehead atoms. The van der Waals surface area contributed by atoms with Crippen LogP contribution in [0.25, 0.3) is 0 Å². The quantitative estimate of drug-likeness (QED) is 0.591. The van der Waals surface area contributed by atoms with Crippen LogP contribution < -0.4 is 9.47 Å². The number of nitro groups is 1. The van der Waals surface area contributed by atoms with Crippen LogP contribution in [0.1, 0.15) is 0 Å². The summed E-state index contributed by atoms with van der Waals surface area (Å²) in [5.74, 6) is -0.985. The fourth-order valence-corrected chi connectivity index (χ4v) is 1.50. The van der Waals surface area contributed by atoms with E-state index in [1.165, 1.54) is 19.2 Å². The van der Waals surface area contributed by atoms with Gasteiger partial charge in [-0.2, -0.15) is 13.2 Å². The van der Waals surface area contributed by atoms with Crippen LogP contribution in [0.5, 0.6) is 11.5 Å². The average Bonchev–Trinajstić information content (AvgIpc) is 2.42. The number of amides is 1. The van der Waals surface area contributed by atoms with Crippen LogP contribution in [-0.2, 0) is 4.79 Å². The van der Waals surface area contributed by atoms with E-state index in [-0.39, 0.29) is 11.5 Å². The van der Waals surface area contributed by atoms with Crippen molar-refractivity contribution in [3.05, 3.63) is 28.3 Å². The predicted molar refractivity (Wildman–Crippen MR) is 68.8 cm³/mol. The summed E-state index contributed by atoms with van der Waals surface area (Å²) in [4.78, 5) is 22.1. The second kappa shape index (κ2) is 6.96. The number of likely N-dealkylation sites (N-methyl/N-ethyl adjacent to an activating group) is 1. The summed E-state index contributed by atoms with van der Waals surface area (Å²) in [5.41, 5.74) is -0.453. The summed E-state index contributed by atoms with van der Waals surface area (Å²) in [6.07, 6.45) is -4.53. The van der Waals surface area contributed by atoms with E-state index < -0.39 is 35.8 Å². The first-order valence-electron chi connectivity index (χ1n) is 5.90. The molecule has 1 rings (SSSR count). The van der Waals surface area contributed by atoms with Crippen molar-refractivity contribution in [3.63, 3.8) is 0 Å². The Morgan fingerprint density at radius 1 is 1.41 bits per heavy atom. The van der Waals surface area contributed by atoms with E-state index in [2.05, 4.69) is 0 Å². The van der Waals surface area contributed by atoms with Crippen LogP contribution in [-0.4, -0.2) is 49.2 Å². The number of methoxy groups -OCH3 is 1. The van der Waals surface area contributed by atoms with Crippen molar-refractivity contribution in [2.75, 3.05) is 27.3 Å². The van der Waals surface area contributed by atoms with Gasteiger partial charge in [-0.05, 0) is 12.1 Å². The Morgan fingerprint density at radius 3 is 2.55 bits per heavy atom. The Bertz CT molecular complexity index is 562. The summed E-state index contributed by atoms with van der Waals surface area (Å²) < 4.78 is 46.2. The lowest BCUT2D eigenvalue weighted by Crippen LogP contribution is -2.38. The van der Waals surface area contributed by atoms with Crippen molar-refractivity contribution in [1.29, 1.82) is 0 Å². The molecule has 1 aromatic rings. The van der Waals surface area contributed by atoms with Crippen molar-refractivity contribution in [1.82, 2.24) is 4.90 Å². The Hall–Kier alpha value is -2.52. The molecule has 7 nitrogen and oxygen atoms in total. The van der Waals surface area contributed by atoms with Crippen LogP contribution in [0.4, 0.5) is 18.9 Å². The summed E-state index contributed by atoms with van der Waals surface area (Å²) in [6, 6.07) is 3.65. The highest BCUT2D eigenvalue weighted by atomic mass is 19.4. The maximum absolute atomic E-state index is 12.1. The van der Waals surface area contributed by atoms with Gasteiger partial charge in [0.15, 0.2) is 12.4 Å². The van der Waals surface area contributed by atoms with Crippen molar-refractivity contribution >= 4 is 11.6 Å². The summed E-state index contributed by atoms with van der Waals surface area (Å²) in [7, 11) is 2.27. The van der Waals surface area contributed by atoms with Gasteiger partial charge in [0, 0.05) is 7.05 Å². The third-order valence-corrected chi connectivity index (χ3v) is 2.56. The molecule has 0 N–H and O–H groups in total. The Labute approximate surface area is 123 Å². The predicted octanol–water partition coefficient (Wildman–Crippen LogP) is 2.00. The van der Waals surface area contributed by atoms with Crippen LogP contribution in [0, 0.1) is 10.1 Å². The summed E-state index contributed by atoms with van der Waals surface area (Å²) >= 11 is 0. The number of carbonyl (C=O) groups excluding carboxylic acids is 1. The van der Waals surface area contributed by atoms with E-state index in [1.54, 1.807) is 0 Å². The maximum Gasteiger partial charge on any atom is 0.406 e. The monoisotopic (exact) mass is 322 g/mol. The molecule has 0 aromatic heterocycles. The third-order valence-electron chi connectivity index (χ3n) is 2.56. The molecule has 22 heavy (non-hydrogen) atoms. The zero-order chi connectivity index (χ0) is 16.9. The van der Waals surface area contributed by atoms with Crippen LogP contribution in [0.3, 0.4) is 0 Å². The Kier molecular flexibility index (Phi) is 5.55. The van der Waals surface area contributed by atoms with E-state index in [0.717, 1.165) is 13.1 Å². The van der Waals surface area contributed by atoms with E-state index in [9.17, 15) is 28.1 Å². The smallest absolute Gasteiger partial charge is 0.406 e. The SMILES string of the molecule is COc1ccc(OCC(=O)N(C)CC(F)(F)F)c([N+](=O)[O-])c1. The number of rotatable bonds is 6. The van der Waals surface area contributed by atoms with Gasteiger partial charge in [0.05, 0.1) is 18.1 Å². The minimum Gasteiger partial charge on any atom is -0.496 e. The first-order chi connectivity index (χ1) is 10.1. The lowest BCUT2D eigenvalue weighted by Gasteiger charge is -2.19. The maximum atomic E-state index is 12.1.